The first-order chi connectivity index (χ1) is 12.4. The van der Waals surface area contributed by atoms with E-state index in [1.165, 1.54) is 0 Å². The zero-order valence-electron chi connectivity index (χ0n) is 15.1. The van der Waals surface area contributed by atoms with Gasteiger partial charge in [0.25, 0.3) is 0 Å². The number of hydrogen-bond acceptors (Lipinski definition) is 4. The number of para-hydroxylation sites is 1. The van der Waals surface area contributed by atoms with E-state index in [1.54, 1.807) is 47.4 Å². The van der Waals surface area contributed by atoms with Gasteiger partial charge in [0, 0.05) is 12.2 Å². The molecule has 0 spiro atoms. The number of nitrogens with one attached hydrogen (secondary N) is 1. The standard InChI is InChI=1S/C20H22N2O4/c1-4-22-16-12-14(21-19(24)26-15-8-6-5-7-9-15)10-11-17(16)25-13-20(2,3)18(22)23/h5-12H,4,13H2,1-3H3,(H,21,24). The molecule has 1 aliphatic rings. The van der Waals surface area contributed by atoms with Crippen LogP contribution in [-0.4, -0.2) is 25.2 Å². The molecule has 2 aromatic rings. The van der Waals surface area contributed by atoms with E-state index in [9.17, 15) is 9.59 Å². The number of hydrogen-bond donors (Lipinski definition) is 1. The van der Waals surface area contributed by atoms with Crippen molar-refractivity contribution in [1.29, 1.82) is 0 Å². The second-order valence-electron chi connectivity index (χ2n) is 6.73. The Morgan fingerprint density at radius 1 is 1.23 bits per heavy atom. The third-order valence-electron chi connectivity index (χ3n) is 4.18. The van der Waals surface area contributed by atoms with Gasteiger partial charge in [-0.05, 0) is 51.1 Å². The van der Waals surface area contributed by atoms with Crippen molar-refractivity contribution in [2.45, 2.75) is 20.8 Å². The number of carbonyl (C=O) groups excluding carboxylic acids is 2. The summed E-state index contributed by atoms with van der Waals surface area (Å²) in [4.78, 5) is 26.5. The van der Waals surface area contributed by atoms with Crippen molar-refractivity contribution in [2.75, 3.05) is 23.4 Å². The fourth-order valence-corrected chi connectivity index (χ4v) is 2.78. The molecule has 0 radical (unpaired) electrons. The molecule has 0 fully saturated rings. The number of ether oxygens (including phenoxy) is 2. The van der Waals surface area contributed by atoms with Crippen molar-refractivity contribution in [2.24, 2.45) is 5.41 Å². The van der Waals surface area contributed by atoms with Crippen LogP contribution in [-0.2, 0) is 4.79 Å². The topological polar surface area (TPSA) is 67.9 Å². The molecule has 1 heterocycles. The minimum atomic E-state index is -0.616. The van der Waals surface area contributed by atoms with Crippen LogP contribution in [0.5, 0.6) is 11.5 Å². The summed E-state index contributed by atoms with van der Waals surface area (Å²) in [6.07, 6.45) is -0.597. The molecule has 0 atom stereocenters. The SMILES string of the molecule is CCN1C(=O)C(C)(C)COc2ccc(NC(=O)Oc3ccccc3)cc21. The summed E-state index contributed by atoms with van der Waals surface area (Å²) >= 11 is 0. The molecule has 0 aromatic heterocycles. The fraction of sp³-hybridized carbons (Fsp3) is 0.300. The van der Waals surface area contributed by atoms with Gasteiger partial charge in [-0.1, -0.05) is 18.2 Å². The molecule has 136 valence electrons. The molecule has 0 unspecified atom stereocenters. The molecular weight excluding hydrogens is 332 g/mol. The van der Waals surface area contributed by atoms with Gasteiger partial charge in [0.05, 0.1) is 11.1 Å². The maximum Gasteiger partial charge on any atom is 0.417 e. The summed E-state index contributed by atoms with van der Waals surface area (Å²) in [6, 6.07) is 14.0. The number of rotatable bonds is 3. The Morgan fingerprint density at radius 2 is 1.96 bits per heavy atom. The predicted molar refractivity (Wildman–Crippen MR) is 99.8 cm³/mol. The Morgan fingerprint density at radius 3 is 2.65 bits per heavy atom. The quantitative estimate of drug-likeness (QED) is 0.902. The van der Waals surface area contributed by atoms with Crippen LogP contribution in [0.2, 0.25) is 0 Å². The minimum absolute atomic E-state index is 0.0113. The second-order valence-corrected chi connectivity index (χ2v) is 6.73. The maximum absolute atomic E-state index is 12.8. The van der Waals surface area contributed by atoms with Crippen molar-refractivity contribution in [3.63, 3.8) is 0 Å². The van der Waals surface area contributed by atoms with E-state index in [0.29, 0.717) is 36.0 Å². The Kier molecular flexibility index (Phi) is 4.84. The average molecular weight is 354 g/mol. The van der Waals surface area contributed by atoms with Crippen molar-refractivity contribution >= 4 is 23.4 Å². The largest absolute Gasteiger partial charge is 0.490 e. The highest BCUT2D eigenvalue weighted by molar-refractivity contribution is 6.00. The molecule has 3 rings (SSSR count). The summed E-state index contributed by atoms with van der Waals surface area (Å²) < 4.78 is 11.0. The fourth-order valence-electron chi connectivity index (χ4n) is 2.78. The van der Waals surface area contributed by atoms with Crippen molar-refractivity contribution < 1.29 is 19.1 Å². The Labute approximate surface area is 152 Å². The first-order valence-electron chi connectivity index (χ1n) is 8.53. The lowest BCUT2D eigenvalue weighted by Gasteiger charge is -2.27. The maximum atomic E-state index is 12.8. The third kappa shape index (κ3) is 3.64. The second kappa shape index (κ2) is 7.07. The molecule has 26 heavy (non-hydrogen) atoms. The molecule has 0 saturated carbocycles. The average Bonchev–Trinajstić information content (AvgIpc) is 2.70. The number of nitrogens with zero attached hydrogens (tertiary/aromatic N) is 1. The highest BCUT2D eigenvalue weighted by atomic mass is 16.6. The van der Waals surface area contributed by atoms with Gasteiger partial charge in [-0.25, -0.2) is 4.79 Å². The first-order valence-corrected chi connectivity index (χ1v) is 8.53. The van der Waals surface area contributed by atoms with E-state index in [4.69, 9.17) is 9.47 Å². The van der Waals surface area contributed by atoms with E-state index in [1.807, 2.05) is 26.8 Å². The lowest BCUT2D eigenvalue weighted by molar-refractivity contribution is -0.127. The van der Waals surface area contributed by atoms with E-state index >= 15 is 0 Å². The number of anilines is 2. The highest BCUT2D eigenvalue weighted by Crippen LogP contribution is 2.38. The monoisotopic (exact) mass is 354 g/mol. The van der Waals surface area contributed by atoms with Gasteiger partial charge in [-0.2, -0.15) is 0 Å². The van der Waals surface area contributed by atoms with Crippen LogP contribution in [0.15, 0.2) is 48.5 Å². The van der Waals surface area contributed by atoms with Gasteiger partial charge in [-0.15, -0.1) is 0 Å². The van der Waals surface area contributed by atoms with Crippen molar-refractivity contribution in [1.82, 2.24) is 0 Å². The van der Waals surface area contributed by atoms with Gasteiger partial charge < -0.3 is 14.4 Å². The zero-order valence-corrected chi connectivity index (χ0v) is 15.1. The highest BCUT2D eigenvalue weighted by Gasteiger charge is 2.37. The van der Waals surface area contributed by atoms with Crippen LogP contribution in [0.4, 0.5) is 16.2 Å². The van der Waals surface area contributed by atoms with Gasteiger partial charge in [0.15, 0.2) is 0 Å². The van der Waals surface area contributed by atoms with Crippen LogP contribution in [0.1, 0.15) is 20.8 Å². The molecule has 6 heteroatoms. The van der Waals surface area contributed by atoms with Crippen LogP contribution in [0.3, 0.4) is 0 Å². The van der Waals surface area contributed by atoms with Crippen LogP contribution < -0.4 is 19.7 Å². The number of fused-ring (bicyclic) bond motifs is 1. The van der Waals surface area contributed by atoms with Gasteiger partial charge in [0.2, 0.25) is 5.91 Å². The summed E-state index contributed by atoms with van der Waals surface area (Å²) in [6.45, 7) is 6.45. The van der Waals surface area contributed by atoms with Gasteiger partial charge in [0.1, 0.15) is 18.1 Å². The Hall–Kier alpha value is -3.02. The van der Waals surface area contributed by atoms with Gasteiger partial charge in [-0.3, -0.25) is 10.1 Å². The molecule has 2 amide bonds. The molecule has 1 N–H and O–H groups in total. The third-order valence-corrected chi connectivity index (χ3v) is 4.18. The molecule has 6 nitrogen and oxygen atoms in total. The van der Waals surface area contributed by atoms with E-state index in [2.05, 4.69) is 5.32 Å². The van der Waals surface area contributed by atoms with Crippen molar-refractivity contribution in [3.8, 4) is 11.5 Å². The summed E-state index contributed by atoms with van der Waals surface area (Å²) in [5.74, 6) is 1.06. The molecule has 0 aliphatic carbocycles. The Bertz CT molecular complexity index is 818. The van der Waals surface area contributed by atoms with Crippen molar-refractivity contribution in [3.05, 3.63) is 48.5 Å². The summed E-state index contributed by atoms with van der Waals surface area (Å²) in [5, 5.41) is 2.69. The van der Waals surface area contributed by atoms with Crippen LogP contribution in [0.25, 0.3) is 0 Å². The van der Waals surface area contributed by atoms with E-state index in [-0.39, 0.29) is 5.91 Å². The van der Waals surface area contributed by atoms with Gasteiger partial charge >= 0.3 is 6.09 Å². The normalized spacial score (nSPS) is 15.5. The number of benzene rings is 2. The molecule has 1 aliphatic heterocycles. The van der Waals surface area contributed by atoms with Crippen LogP contribution in [0, 0.1) is 5.41 Å². The number of amides is 2. The lowest BCUT2D eigenvalue weighted by atomic mass is 9.93. The number of carbonyl (C=O) groups is 2. The van der Waals surface area contributed by atoms with E-state index in [0.717, 1.165) is 0 Å². The Balaban J connectivity index is 1.82. The first kappa shape index (κ1) is 17.8. The molecular formula is C20H22N2O4. The zero-order chi connectivity index (χ0) is 18.7. The van der Waals surface area contributed by atoms with E-state index < -0.39 is 11.5 Å². The molecule has 0 saturated heterocycles. The molecule has 0 bridgehead atoms. The smallest absolute Gasteiger partial charge is 0.417 e. The minimum Gasteiger partial charge on any atom is -0.490 e. The lowest BCUT2D eigenvalue weighted by Crippen LogP contribution is -2.42. The summed E-state index contributed by atoms with van der Waals surface area (Å²) in [7, 11) is 0. The molecule has 2 aromatic carbocycles. The predicted octanol–water partition coefficient (Wildman–Crippen LogP) is 4.07. The summed E-state index contributed by atoms with van der Waals surface area (Å²) in [5.41, 5.74) is 0.550. The van der Waals surface area contributed by atoms with Crippen LogP contribution >= 0.6 is 0 Å².